The van der Waals surface area contributed by atoms with Gasteiger partial charge < -0.3 is 10.8 Å². The van der Waals surface area contributed by atoms with E-state index in [0.29, 0.717) is 0 Å². The molecule has 4 heteroatoms. The lowest BCUT2D eigenvalue weighted by Crippen LogP contribution is -2.34. The first-order chi connectivity index (χ1) is 4.97. The second kappa shape index (κ2) is 7.82. The summed E-state index contributed by atoms with van der Waals surface area (Å²) >= 11 is 5.00. The van der Waals surface area contributed by atoms with E-state index in [0.717, 1.165) is 5.88 Å². The topological polar surface area (TPSA) is 63.3 Å². The van der Waals surface area contributed by atoms with Crippen LogP contribution in [-0.2, 0) is 4.79 Å². The van der Waals surface area contributed by atoms with Gasteiger partial charge in [0.1, 0.15) is 6.04 Å². The van der Waals surface area contributed by atoms with Gasteiger partial charge in [-0.15, -0.1) is 11.6 Å². The molecule has 1 atom stereocenters. The van der Waals surface area contributed by atoms with E-state index in [9.17, 15) is 4.79 Å². The number of rotatable bonds is 2. The summed E-state index contributed by atoms with van der Waals surface area (Å²) in [6.45, 7) is 5.44. The molecule has 0 bridgehead atoms. The number of halogens is 1. The van der Waals surface area contributed by atoms with Crippen LogP contribution in [0.1, 0.15) is 20.8 Å². The molecular formula is C7H16ClNO2. The van der Waals surface area contributed by atoms with Crippen LogP contribution in [-0.4, -0.2) is 23.0 Å². The lowest BCUT2D eigenvalue weighted by molar-refractivity contribution is -0.139. The standard InChI is InChI=1S/C5H11NO2.C2H5Cl/c1-3(2)4(6)5(7)8;1-2-3/h3-4H,6H2,1-2H3,(H,7,8);2H2,1H3/t4-;/m0./s1. The summed E-state index contributed by atoms with van der Waals surface area (Å²) < 4.78 is 0. The van der Waals surface area contributed by atoms with E-state index >= 15 is 0 Å². The van der Waals surface area contributed by atoms with Crippen molar-refractivity contribution in [1.82, 2.24) is 0 Å². The summed E-state index contributed by atoms with van der Waals surface area (Å²) in [6.07, 6.45) is 0. The number of hydrogen-bond donors (Lipinski definition) is 2. The number of carbonyl (C=O) groups is 1. The molecule has 0 saturated carbocycles. The fraction of sp³-hybridized carbons (Fsp3) is 0.857. The van der Waals surface area contributed by atoms with Gasteiger partial charge in [0.05, 0.1) is 0 Å². The van der Waals surface area contributed by atoms with Crippen LogP contribution in [0.5, 0.6) is 0 Å². The quantitative estimate of drug-likeness (QED) is 0.632. The minimum Gasteiger partial charge on any atom is -0.480 e. The second-order valence-corrected chi connectivity index (χ2v) is 2.91. The van der Waals surface area contributed by atoms with E-state index in [-0.39, 0.29) is 5.92 Å². The van der Waals surface area contributed by atoms with Crippen molar-refractivity contribution in [2.75, 3.05) is 5.88 Å². The van der Waals surface area contributed by atoms with Crippen LogP contribution in [0.3, 0.4) is 0 Å². The SMILES string of the molecule is CC(C)[C@H](N)C(=O)O.CCCl. The van der Waals surface area contributed by atoms with E-state index in [1.165, 1.54) is 0 Å². The Kier molecular flexibility index (Phi) is 9.47. The highest BCUT2D eigenvalue weighted by Gasteiger charge is 2.14. The maximum atomic E-state index is 10.0. The Morgan fingerprint density at radius 1 is 1.64 bits per heavy atom. The number of hydrogen-bond acceptors (Lipinski definition) is 2. The molecule has 0 aromatic carbocycles. The van der Waals surface area contributed by atoms with Crippen LogP contribution in [0.25, 0.3) is 0 Å². The Morgan fingerprint density at radius 2 is 1.91 bits per heavy atom. The number of alkyl halides is 1. The normalized spacial score (nSPS) is 11.8. The van der Waals surface area contributed by atoms with Gasteiger partial charge in [-0.05, 0) is 5.92 Å². The minimum absolute atomic E-state index is 0.0208. The van der Waals surface area contributed by atoms with Crippen molar-refractivity contribution >= 4 is 17.6 Å². The van der Waals surface area contributed by atoms with Crippen molar-refractivity contribution in [3.05, 3.63) is 0 Å². The molecule has 0 aromatic rings. The summed E-state index contributed by atoms with van der Waals surface area (Å²) in [7, 11) is 0. The molecule has 3 nitrogen and oxygen atoms in total. The van der Waals surface area contributed by atoms with Crippen molar-refractivity contribution in [2.45, 2.75) is 26.8 Å². The second-order valence-electron chi connectivity index (χ2n) is 2.38. The third-order valence-corrected chi connectivity index (χ3v) is 1.00. The van der Waals surface area contributed by atoms with Crippen LogP contribution in [0, 0.1) is 5.92 Å². The van der Waals surface area contributed by atoms with E-state index in [1.807, 2.05) is 6.92 Å². The van der Waals surface area contributed by atoms with Gasteiger partial charge in [0.2, 0.25) is 0 Å². The number of carboxylic acid groups (broad SMARTS) is 1. The van der Waals surface area contributed by atoms with Gasteiger partial charge in [0, 0.05) is 5.88 Å². The van der Waals surface area contributed by atoms with Gasteiger partial charge in [-0.1, -0.05) is 20.8 Å². The van der Waals surface area contributed by atoms with Crippen LogP contribution in [0.4, 0.5) is 0 Å². The van der Waals surface area contributed by atoms with Crippen LogP contribution in [0.15, 0.2) is 0 Å². The molecule has 0 heterocycles. The lowest BCUT2D eigenvalue weighted by Gasteiger charge is -2.07. The summed E-state index contributed by atoms with van der Waals surface area (Å²) in [4.78, 5) is 10.0. The molecule has 0 aliphatic rings. The summed E-state index contributed by atoms with van der Waals surface area (Å²) in [6, 6.07) is -0.713. The van der Waals surface area contributed by atoms with Crippen molar-refractivity contribution in [1.29, 1.82) is 0 Å². The molecule has 0 aliphatic carbocycles. The first-order valence-corrected chi connectivity index (χ1v) is 4.05. The average Bonchev–Trinajstić information content (AvgIpc) is 1.87. The van der Waals surface area contributed by atoms with Crippen LogP contribution >= 0.6 is 11.6 Å². The summed E-state index contributed by atoms with van der Waals surface area (Å²) in [5.41, 5.74) is 5.16. The predicted molar refractivity (Wildman–Crippen MR) is 46.8 cm³/mol. The first-order valence-electron chi connectivity index (χ1n) is 3.51. The Labute approximate surface area is 72.5 Å². The first kappa shape index (κ1) is 13.3. The molecule has 0 radical (unpaired) electrons. The zero-order valence-corrected chi connectivity index (χ0v) is 7.93. The fourth-order valence-corrected chi connectivity index (χ4v) is 0.285. The molecule has 0 aromatic heterocycles. The Morgan fingerprint density at radius 3 is 1.91 bits per heavy atom. The average molecular weight is 182 g/mol. The number of carboxylic acids is 1. The lowest BCUT2D eigenvalue weighted by atomic mass is 10.1. The Bertz CT molecular complexity index is 107. The third-order valence-electron chi connectivity index (χ3n) is 1.00. The monoisotopic (exact) mass is 181 g/mol. The maximum Gasteiger partial charge on any atom is 0.320 e. The molecule has 0 saturated heterocycles. The van der Waals surface area contributed by atoms with Crippen LogP contribution < -0.4 is 5.73 Å². The molecule has 68 valence electrons. The van der Waals surface area contributed by atoms with E-state index in [2.05, 4.69) is 0 Å². The van der Waals surface area contributed by atoms with Gasteiger partial charge in [-0.3, -0.25) is 4.79 Å². The zero-order chi connectivity index (χ0) is 9.44. The highest BCUT2D eigenvalue weighted by atomic mass is 35.5. The molecule has 0 amide bonds. The van der Waals surface area contributed by atoms with Crippen molar-refractivity contribution < 1.29 is 9.90 Å². The largest absolute Gasteiger partial charge is 0.480 e. The van der Waals surface area contributed by atoms with Gasteiger partial charge in [-0.25, -0.2) is 0 Å². The Balaban J connectivity index is 0. The summed E-state index contributed by atoms with van der Waals surface area (Å²) in [5, 5.41) is 8.23. The molecule has 0 rings (SSSR count). The minimum atomic E-state index is -0.931. The molecule has 0 fully saturated rings. The van der Waals surface area contributed by atoms with Gasteiger partial charge in [0.25, 0.3) is 0 Å². The molecule has 11 heavy (non-hydrogen) atoms. The number of nitrogens with two attached hydrogens (primary N) is 1. The third kappa shape index (κ3) is 9.72. The fourth-order valence-electron chi connectivity index (χ4n) is 0.285. The maximum absolute atomic E-state index is 10.0. The van der Waals surface area contributed by atoms with E-state index in [1.54, 1.807) is 13.8 Å². The van der Waals surface area contributed by atoms with E-state index < -0.39 is 12.0 Å². The molecule has 0 spiro atoms. The van der Waals surface area contributed by atoms with Crippen molar-refractivity contribution in [2.24, 2.45) is 11.7 Å². The van der Waals surface area contributed by atoms with Crippen molar-refractivity contribution in [3.63, 3.8) is 0 Å². The van der Waals surface area contributed by atoms with Crippen LogP contribution in [0.2, 0.25) is 0 Å². The van der Waals surface area contributed by atoms with Crippen molar-refractivity contribution in [3.8, 4) is 0 Å². The molecule has 0 aliphatic heterocycles. The van der Waals surface area contributed by atoms with Gasteiger partial charge in [0.15, 0.2) is 0 Å². The predicted octanol–water partition coefficient (Wildman–Crippen LogP) is 1.30. The Hall–Kier alpha value is -0.280. The highest BCUT2D eigenvalue weighted by Crippen LogP contribution is 1.96. The summed E-state index contributed by atoms with van der Waals surface area (Å²) in [5.74, 6) is -0.188. The van der Waals surface area contributed by atoms with Gasteiger partial charge in [-0.2, -0.15) is 0 Å². The van der Waals surface area contributed by atoms with E-state index in [4.69, 9.17) is 22.4 Å². The molecule has 0 unspecified atom stereocenters. The molecule has 3 N–H and O–H groups in total. The zero-order valence-electron chi connectivity index (χ0n) is 7.17. The molecular weight excluding hydrogens is 166 g/mol. The smallest absolute Gasteiger partial charge is 0.320 e. The highest BCUT2D eigenvalue weighted by molar-refractivity contribution is 6.17. The van der Waals surface area contributed by atoms with Gasteiger partial charge >= 0.3 is 5.97 Å². The number of aliphatic carboxylic acids is 1.